The number of carbonyl (C=O) groups is 2. The zero-order valence-electron chi connectivity index (χ0n) is 12.6. The van der Waals surface area contributed by atoms with Crippen LogP contribution in [-0.2, 0) is 25.5 Å². The first-order chi connectivity index (χ1) is 11.2. The number of hydrogen-bond donors (Lipinski definition) is 1. The number of nitrogens with one attached hydrogen (secondary N) is 1. The molecule has 2 aromatic heterocycles. The van der Waals surface area contributed by atoms with Crippen LogP contribution in [0.15, 0.2) is 22.0 Å². The molecule has 2 heterocycles. The summed E-state index contributed by atoms with van der Waals surface area (Å²) in [6.07, 6.45) is 0.333. The number of aryl methyl sites for hydroxylation is 1. The number of esters is 1. The summed E-state index contributed by atoms with van der Waals surface area (Å²) < 4.78 is 14.7. The molecular weight excluding hydrogens is 322 g/mol. The molecule has 1 amide bonds. The van der Waals surface area contributed by atoms with E-state index in [1.165, 1.54) is 18.4 Å². The lowest BCUT2D eigenvalue weighted by Gasteiger charge is -2.05. The fourth-order valence-electron chi connectivity index (χ4n) is 1.63. The van der Waals surface area contributed by atoms with Crippen LogP contribution in [0.3, 0.4) is 0 Å². The molecular formula is C14H17N3O5S. The van der Waals surface area contributed by atoms with E-state index in [1.54, 1.807) is 0 Å². The summed E-state index contributed by atoms with van der Waals surface area (Å²) in [4.78, 5) is 28.0. The van der Waals surface area contributed by atoms with E-state index in [2.05, 4.69) is 15.5 Å². The monoisotopic (exact) mass is 339 g/mol. The van der Waals surface area contributed by atoms with Crippen LogP contribution >= 0.6 is 11.3 Å². The van der Waals surface area contributed by atoms with Gasteiger partial charge in [0.25, 0.3) is 5.91 Å². The number of aromatic nitrogens is 2. The van der Waals surface area contributed by atoms with Crippen molar-refractivity contribution in [2.24, 2.45) is 0 Å². The minimum absolute atomic E-state index is 0.0669. The highest BCUT2D eigenvalue weighted by atomic mass is 32.1. The summed E-state index contributed by atoms with van der Waals surface area (Å²) >= 11 is 1.50. The quantitative estimate of drug-likeness (QED) is 0.537. The van der Waals surface area contributed by atoms with Crippen LogP contribution in [0.5, 0.6) is 0 Å². The molecule has 124 valence electrons. The van der Waals surface area contributed by atoms with Gasteiger partial charge in [0.2, 0.25) is 11.7 Å². The summed E-state index contributed by atoms with van der Waals surface area (Å²) in [5, 5.41) is 8.32. The van der Waals surface area contributed by atoms with E-state index in [9.17, 15) is 9.59 Å². The molecule has 0 spiro atoms. The number of methoxy groups -OCH3 is 1. The first-order valence-corrected chi connectivity index (χ1v) is 7.84. The van der Waals surface area contributed by atoms with Crippen molar-refractivity contribution in [3.63, 3.8) is 0 Å². The number of carbonyl (C=O) groups excluding carboxylic acids is 2. The summed E-state index contributed by atoms with van der Waals surface area (Å²) in [7, 11) is 1.54. The minimum atomic E-state index is -0.497. The Morgan fingerprint density at radius 2 is 2.30 bits per heavy atom. The molecule has 0 saturated heterocycles. The van der Waals surface area contributed by atoms with Crippen molar-refractivity contribution in [3.8, 4) is 10.7 Å². The summed E-state index contributed by atoms with van der Waals surface area (Å²) in [6, 6.07) is 3.78. The van der Waals surface area contributed by atoms with Crippen LogP contribution in [0, 0.1) is 0 Å². The van der Waals surface area contributed by atoms with E-state index in [0.29, 0.717) is 24.9 Å². The van der Waals surface area contributed by atoms with Gasteiger partial charge in [0.15, 0.2) is 6.61 Å². The molecule has 8 nitrogen and oxygen atoms in total. The zero-order chi connectivity index (χ0) is 16.5. The van der Waals surface area contributed by atoms with Gasteiger partial charge in [0.1, 0.15) is 0 Å². The lowest BCUT2D eigenvalue weighted by atomic mass is 10.3. The molecule has 0 aliphatic rings. The third kappa shape index (κ3) is 5.80. The van der Waals surface area contributed by atoms with Crippen LogP contribution in [0.4, 0.5) is 0 Å². The molecule has 1 N–H and O–H groups in total. The van der Waals surface area contributed by atoms with Crippen molar-refractivity contribution in [3.05, 3.63) is 23.4 Å². The zero-order valence-corrected chi connectivity index (χ0v) is 13.4. The molecule has 0 unspecified atom stereocenters. The summed E-state index contributed by atoms with van der Waals surface area (Å²) in [5.41, 5.74) is 0. The lowest BCUT2D eigenvalue weighted by molar-refractivity contribution is -0.148. The number of amides is 1. The van der Waals surface area contributed by atoms with Gasteiger partial charge in [-0.3, -0.25) is 9.59 Å². The van der Waals surface area contributed by atoms with Gasteiger partial charge in [-0.15, -0.1) is 11.3 Å². The van der Waals surface area contributed by atoms with Crippen LogP contribution in [-0.4, -0.2) is 48.9 Å². The normalized spacial score (nSPS) is 10.5. The van der Waals surface area contributed by atoms with Crippen LogP contribution in [0.1, 0.15) is 12.3 Å². The molecule has 2 rings (SSSR count). The van der Waals surface area contributed by atoms with Gasteiger partial charge in [-0.2, -0.15) is 4.98 Å². The van der Waals surface area contributed by atoms with Gasteiger partial charge in [-0.1, -0.05) is 11.2 Å². The Labute approximate surface area is 136 Å². The van der Waals surface area contributed by atoms with Gasteiger partial charge in [-0.05, 0) is 11.4 Å². The predicted molar refractivity (Wildman–Crippen MR) is 81.8 cm³/mol. The Balaban J connectivity index is 1.67. The molecule has 9 heteroatoms. The third-order valence-electron chi connectivity index (χ3n) is 2.75. The Morgan fingerprint density at radius 1 is 1.43 bits per heavy atom. The van der Waals surface area contributed by atoms with E-state index >= 15 is 0 Å². The SMILES string of the molecule is COCCNC(=O)COC(=O)CCc1nc(-c2cccs2)no1. The molecule has 0 bridgehead atoms. The van der Waals surface area contributed by atoms with Crippen molar-refractivity contribution in [2.45, 2.75) is 12.8 Å². The summed E-state index contributed by atoms with van der Waals surface area (Å²) in [5.74, 6) is -0.00767. The maximum atomic E-state index is 11.6. The second-order valence-corrected chi connectivity index (χ2v) is 5.44. The molecule has 2 aromatic rings. The van der Waals surface area contributed by atoms with E-state index in [1.807, 2.05) is 17.5 Å². The van der Waals surface area contributed by atoms with Gasteiger partial charge < -0.3 is 19.3 Å². The van der Waals surface area contributed by atoms with Gasteiger partial charge in [0.05, 0.1) is 17.9 Å². The van der Waals surface area contributed by atoms with Crippen LogP contribution in [0.25, 0.3) is 10.7 Å². The fraction of sp³-hybridized carbons (Fsp3) is 0.429. The van der Waals surface area contributed by atoms with Gasteiger partial charge in [0, 0.05) is 20.1 Å². The van der Waals surface area contributed by atoms with Gasteiger partial charge in [-0.25, -0.2) is 0 Å². The van der Waals surface area contributed by atoms with Crippen molar-refractivity contribution < 1.29 is 23.6 Å². The highest BCUT2D eigenvalue weighted by molar-refractivity contribution is 7.13. The molecule has 0 radical (unpaired) electrons. The third-order valence-corrected chi connectivity index (χ3v) is 3.61. The van der Waals surface area contributed by atoms with E-state index in [-0.39, 0.29) is 25.4 Å². The van der Waals surface area contributed by atoms with Crippen LogP contribution in [0.2, 0.25) is 0 Å². The maximum Gasteiger partial charge on any atom is 0.306 e. The number of rotatable bonds is 9. The number of nitrogens with zero attached hydrogens (tertiary/aromatic N) is 2. The Bertz CT molecular complexity index is 626. The molecule has 0 aliphatic heterocycles. The average Bonchev–Trinajstić information content (AvgIpc) is 3.22. The maximum absolute atomic E-state index is 11.6. The highest BCUT2D eigenvalue weighted by Crippen LogP contribution is 2.21. The second-order valence-electron chi connectivity index (χ2n) is 4.49. The second kappa shape index (κ2) is 9.01. The van der Waals surface area contributed by atoms with Crippen molar-refractivity contribution in [1.29, 1.82) is 0 Å². The molecule has 0 fully saturated rings. The van der Waals surface area contributed by atoms with Crippen LogP contribution < -0.4 is 5.32 Å². The molecule has 0 saturated carbocycles. The topological polar surface area (TPSA) is 104 Å². The Kier molecular flexibility index (Phi) is 6.70. The van der Waals surface area contributed by atoms with Crippen molar-refractivity contribution in [1.82, 2.24) is 15.5 Å². The number of hydrogen-bond acceptors (Lipinski definition) is 8. The smallest absolute Gasteiger partial charge is 0.306 e. The van der Waals surface area contributed by atoms with Crippen molar-refractivity contribution in [2.75, 3.05) is 26.9 Å². The number of ether oxygens (including phenoxy) is 2. The average molecular weight is 339 g/mol. The van der Waals surface area contributed by atoms with E-state index < -0.39 is 5.97 Å². The molecule has 0 aliphatic carbocycles. The van der Waals surface area contributed by atoms with Crippen molar-refractivity contribution >= 4 is 23.2 Å². The highest BCUT2D eigenvalue weighted by Gasteiger charge is 2.12. The first-order valence-electron chi connectivity index (χ1n) is 6.96. The first kappa shape index (κ1) is 17.1. The standard InChI is InChI=1S/C14H17N3O5S/c1-20-7-6-15-11(18)9-21-13(19)5-4-12-16-14(17-22-12)10-3-2-8-23-10/h2-3,8H,4-7,9H2,1H3,(H,15,18). The summed E-state index contributed by atoms with van der Waals surface area (Å²) in [6.45, 7) is 0.469. The predicted octanol–water partition coefficient (Wildman–Crippen LogP) is 1.04. The molecule has 23 heavy (non-hydrogen) atoms. The van der Waals surface area contributed by atoms with Gasteiger partial charge >= 0.3 is 5.97 Å². The largest absolute Gasteiger partial charge is 0.456 e. The minimum Gasteiger partial charge on any atom is -0.456 e. The Morgan fingerprint density at radius 3 is 3.04 bits per heavy atom. The van der Waals surface area contributed by atoms with E-state index in [0.717, 1.165) is 4.88 Å². The lowest BCUT2D eigenvalue weighted by Crippen LogP contribution is -2.31. The van der Waals surface area contributed by atoms with E-state index in [4.69, 9.17) is 14.0 Å². The number of thiophene rings is 1. The molecule has 0 atom stereocenters. The molecule has 0 aromatic carbocycles. The fourth-order valence-corrected chi connectivity index (χ4v) is 2.28. The Hall–Kier alpha value is -2.26.